The van der Waals surface area contributed by atoms with Crippen LogP contribution in [0, 0.1) is 18.4 Å². The molecule has 0 aromatic heterocycles. The van der Waals surface area contributed by atoms with Crippen molar-refractivity contribution in [2.45, 2.75) is 26.2 Å². The summed E-state index contributed by atoms with van der Waals surface area (Å²) in [6.07, 6.45) is 5.31. The zero-order valence-electron chi connectivity index (χ0n) is 11.7. The van der Waals surface area contributed by atoms with Gasteiger partial charge < -0.3 is 14.8 Å². The van der Waals surface area contributed by atoms with Gasteiger partial charge in [-0.3, -0.25) is 4.79 Å². The Morgan fingerprint density at radius 3 is 3.00 bits per heavy atom. The Kier molecular flexibility index (Phi) is 3.66. The predicted molar refractivity (Wildman–Crippen MR) is 73.2 cm³/mol. The molecule has 104 valence electrons. The Bertz CT molecular complexity index is 616. The van der Waals surface area contributed by atoms with Crippen LogP contribution in [0.2, 0.25) is 0 Å². The zero-order valence-corrected chi connectivity index (χ0v) is 11.7. The summed E-state index contributed by atoms with van der Waals surface area (Å²) in [5, 5.41) is 11.0. The van der Waals surface area contributed by atoms with Crippen LogP contribution in [0.25, 0.3) is 0 Å². The van der Waals surface area contributed by atoms with E-state index in [0.717, 1.165) is 11.1 Å². The van der Waals surface area contributed by atoms with E-state index in [0.29, 0.717) is 18.1 Å². The van der Waals surface area contributed by atoms with Crippen molar-refractivity contribution in [1.82, 2.24) is 5.32 Å². The van der Waals surface area contributed by atoms with Crippen LogP contribution < -0.4 is 14.8 Å². The number of carbonyl (C=O) groups is 1. The van der Waals surface area contributed by atoms with Gasteiger partial charge in [0.25, 0.3) is 0 Å². The Balaban J connectivity index is 2.45. The SMILES string of the molecule is CC(=O)Oc1ccc(C)c2c1OC[C@]2(C)/C=C\NC#N. The van der Waals surface area contributed by atoms with Crippen LogP contribution in [0.15, 0.2) is 24.4 Å². The molecule has 0 bridgehead atoms. The highest BCUT2D eigenvalue weighted by Gasteiger charge is 2.37. The molecule has 1 aliphatic rings. The second-order valence-corrected chi connectivity index (χ2v) is 4.97. The third-order valence-corrected chi connectivity index (χ3v) is 3.27. The first-order valence-corrected chi connectivity index (χ1v) is 6.25. The molecule has 2 rings (SSSR count). The number of esters is 1. The fourth-order valence-electron chi connectivity index (χ4n) is 2.44. The Morgan fingerprint density at radius 1 is 1.60 bits per heavy atom. The van der Waals surface area contributed by atoms with E-state index in [1.54, 1.807) is 12.3 Å². The maximum absolute atomic E-state index is 11.1. The van der Waals surface area contributed by atoms with Gasteiger partial charge in [0, 0.05) is 18.7 Å². The van der Waals surface area contributed by atoms with Gasteiger partial charge in [0.1, 0.15) is 6.61 Å². The Labute approximate surface area is 117 Å². The summed E-state index contributed by atoms with van der Waals surface area (Å²) in [5.41, 5.74) is 1.67. The first-order chi connectivity index (χ1) is 9.48. The van der Waals surface area contributed by atoms with Gasteiger partial charge in [-0.25, -0.2) is 0 Å². The number of carbonyl (C=O) groups excluding carboxylic acids is 1. The van der Waals surface area contributed by atoms with Crippen molar-refractivity contribution in [2.75, 3.05) is 6.61 Å². The van der Waals surface area contributed by atoms with E-state index in [2.05, 4.69) is 5.32 Å². The summed E-state index contributed by atoms with van der Waals surface area (Å²) >= 11 is 0. The minimum atomic E-state index is -0.380. The molecule has 1 aromatic rings. The molecule has 1 N–H and O–H groups in total. The summed E-state index contributed by atoms with van der Waals surface area (Å²) in [6, 6.07) is 3.63. The molecule has 0 fully saturated rings. The van der Waals surface area contributed by atoms with Crippen LogP contribution in [-0.4, -0.2) is 12.6 Å². The third kappa shape index (κ3) is 2.45. The zero-order chi connectivity index (χ0) is 14.8. The molecule has 5 heteroatoms. The molecule has 0 aliphatic carbocycles. The number of nitrogens with zero attached hydrogens (tertiary/aromatic N) is 1. The average molecular weight is 272 g/mol. The van der Waals surface area contributed by atoms with Gasteiger partial charge in [0.2, 0.25) is 0 Å². The monoisotopic (exact) mass is 272 g/mol. The number of benzene rings is 1. The average Bonchev–Trinajstić information content (AvgIpc) is 2.72. The lowest BCUT2D eigenvalue weighted by atomic mass is 9.82. The smallest absolute Gasteiger partial charge is 0.308 e. The van der Waals surface area contributed by atoms with Crippen molar-refractivity contribution >= 4 is 5.97 Å². The van der Waals surface area contributed by atoms with Crippen molar-refractivity contribution in [1.29, 1.82) is 5.26 Å². The first-order valence-electron chi connectivity index (χ1n) is 6.25. The molecule has 1 aliphatic heterocycles. The quantitative estimate of drug-likeness (QED) is 0.395. The molecule has 0 spiro atoms. The molecule has 1 heterocycles. The molecule has 20 heavy (non-hydrogen) atoms. The van der Waals surface area contributed by atoms with Gasteiger partial charge in [0.15, 0.2) is 17.7 Å². The van der Waals surface area contributed by atoms with Crippen LogP contribution >= 0.6 is 0 Å². The normalized spacial score (nSPS) is 20.1. The van der Waals surface area contributed by atoms with E-state index in [4.69, 9.17) is 14.7 Å². The standard InChI is InChI=1S/C15H16N2O3/c1-10-4-5-12(20-11(2)18)14-13(10)15(3,8-19-14)6-7-17-9-16/h4-7,17H,8H2,1-3H3/b7-6-/t15-/m0/s1. The third-order valence-electron chi connectivity index (χ3n) is 3.27. The minimum absolute atomic E-state index is 0.362. The number of hydrogen-bond acceptors (Lipinski definition) is 5. The number of fused-ring (bicyclic) bond motifs is 1. The summed E-state index contributed by atoms with van der Waals surface area (Å²) in [4.78, 5) is 11.1. The van der Waals surface area contributed by atoms with E-state index in [1.165, 1.54) is 6.92 Å². The summed E-state index contributed by atoms with van der Waals surface area (Å²) < 4.78 is 10.9. The molecule has 1 aromatic carbocycles. The van der Waals surface area contributed by atoms with Crippen molar-refractivity contribution in [2.24, 2.45) is 0 Å². The summed E-state index contributed by atoms with van der Waals surface area (Å²) in [7, 11) is 0. The lowest BCUT2D eigenvalue weighted by molar-refractivity contribution is -0.132. The first kappa shape index (κ1) is 13.9. The van der Waals surface area contributed by atoms with Crippen LogP contribution in [0.4, 0.5) is 0 Å². The number of nitriles is 1. The van der Waals surface area contributed by atoms with Gasteiger partial charge in [0.05, 0.1) is 5.41 Å². The summed E-state index contributed by atoms with van der Waals surface area (Å²) in [5.74, 6) is 0.655. The van der Waals surface area contributed by atoms with Crippen LogP contribution in [-0.2, 0) is 10.2 Å². The van der Waals surface area contributed by atoms with Crippen molar-refractivity contribution in [3.05, 3.63) is 35.5 Å². The van der Waals surface area contributed by atoms with Crippen molar-refractivity contribution in [3.63, 3.8) is 0 Å². The van der Waals surface area contributed by atoms with E-state index < -0.39 is 0 Å². The van der Waals surface area contributed by atoms with Gasteiger partial charge in [-0.15, -0.1) is 0 Å². The number of aryl methyl sites for hydroxylation is 1. The lowest BCUT2D eigenvalue weighted by Crippen LogP contribution is -2.22. The topological polar surface area (TPSA) is 71.3 Å². The molecule has 5 nitrogen and oxygen atoms in total. The molecule has 0 saturated heterocycles. The van der Waals surface area contributed by atoms with Crippen LogP contribution in [0.1, 0.15) is 25.0 Å². The molecule has 0 unspecified atom stereocenters. The lowest BCUT2D eigenvalue weighted by Gasteiger charge is -2.19. The highest BCUT2D eigenvalue weighted by Crippen LogP contribution is 2.47. The maximum atomic E-state index is 11.1. The molecule has 0 radical (unpaired) electrons. The van der Waals surface area contributed by atoms with E-state index in [-0.39, 0.29) is 11.4 Å². The van der Waals surface area contributed by atoms with E-state index in [9.17, 15) is 4.79 Å². The molecular weight excluding hydrogens is 256 g/mol. The Hall–Kier alpha value is -2.48. The largest absolute Gasteiger partial charge is 0.488 e. The predicted octanol–water partition coefficient (Wildman–Crippen LogP) is 2.15. The highest BCUT2D eigenvalue weighted by atomic mass is 16.6. The Morgan fingerprint density at radius 2 is 2.35 bits per heavy atom. The highest BCUT2D eigenvalue weighted by molar-refractivity contribution is 5.72. The molecule has 0 saturated carbocycles. The second-order valence-electron chi connectivity index (χ2n) is 4.97. The molecule has 1 atom stereocenters. The molecular formula is C15H16N2O3. The van der Waals surface area contributed by atoms with Crippen LogP contribution in [0.5, 0.6) is 11.5 Å². The number of nitrogens with one attached hydrogen (secondary N) is 1. The maximum Gasteiger partial charge on any atom is 0.308 e. The number of hydrogen-bond donors (Lipinski definition) is 1. The summed E-state index contributed by atoms with van der Waals surface area (Å²) in [6.45, 7) is 5.79. The fraction of sp³-hybridized carbons (Fsp3) is 0.333. The van der Waals surface area contributed by atoms with Gasteiger partial charge in [-0.1, -0.05) is 12.1 Å². The number of rotatable bonds is 3. The minimum Gasteiger partial charge on any atom is -0.488 e. The van der Waals surface area contributed by atoms with Crippen molar-refractivity contribution in [3.8, 4) is 17.7 Å². The fourth-order valence-corrected chi connectivity index (χ4v) is 2.44. The van der Waals surface area contributed by atoms with E-state index in [1.807, 2.05) is 32.2 Å². The number of ether oxygens (including phenoxy) is 2. The van der Waals surface area contributed by atoms with Crippen molar-refractivity contribution < 1.29 is 14.3 Å². The van der Waals surface area contributed by atoms with Gasteiger partial charge in [-0.2, -0.15) is 5.26 Å². The molecule has 0 amide bonds. The van der Waals surface area contributed by atoms with Crippen LogP contribution in [0.3, 0.4) is 0 Å². The van der Waals surface area contributed by atoms with E-state index >= 15 is 0 Å². The van der Waals surface area contributed by atoms with Gasteiger partial charge >= 0.3 is 5.97 Å². The van der Waals surface area contributed by atoms with Gasteiger partial charge in [-0.05, 0) is 25.5 Å². The second kappa shape index (κ2) is 5.25.